The summed E-state index contributed by atoms with van der Waals surface area (Å²) in [6.07, 6.45) is 0. The molecule has 0 radical (unpaired) electrons. The van der Waals surface area contributed by atoms with Gasteiger partial charge in [-0.15, -0.1) is 11.3 Å². The molecule has 0 aliphatic heterocycles. The van der Waals surface area contributed by atoms with E-state index < -0.39 is 11.7 Å². The first-order chi connectivity index (χ1) is 10.6. The Morgan fingerprint density at radius 3 is 2.27 bits per heavy atom. The minimum atomic E-state index is -0.585. The Bertz CT molecular complexity index is 644. The molecule has 0 N–H and O–H groups in total. The smallest absolute Gasteiger partial charge is 0.345 e. The van der Waals surface area contributed by atoms with E-state index in [2.05, 4.69) is 0 Å². The van der Waals surface area contributed by atoms with E-state index in [4.69, 9.17) is 18.9 Å². The molecular weight excluding hydrogens is 310 g/mol. The van der Waals surface area contributed by atoms with Gasteiger partial charge in [0.05, 0.1) is 26.3 Å². The van der Waals surface area contributed by atoms with E-state index in [-0.39, 0.29) is 0 Å². The first kappa shape index (κ1) is 15.9. The summed E-state index contributed by atoms with van der Waals surface area (Å²) >= 11 is 1.28. The molecule has 118 valence electrons. The standard InChI is InChI=1S/C14H15NO6S/c1-18-11-6-9(7-12(19-2)13(11)20-3)10-4-5-22-14(10)21-8-15(16)17/h4-7H,8H2,1-3H3. The molecule has 0 unspecified atom stereocenters. The maximum absolute atomic E-state index is 10.5. The number of hydrogen-bond donors (Lipinski definition) is 0. The predicted octanol–water partition coefficient (Wildman–Crippen LogP) is 3.05. The highest BCUT2D eigenvalue weighted by atomic mass is 32.1. The fourth-order valence-electron chi connectivity index (χ4n) is 1.97. The second-order valence-corrected chi connectivity index (χ2v) is 5.02. The van der Waals surface area contributed by atoms with Crippen LogP contribution in [0.2, 0.25) is 0 Å². The first-order valence-electron chi connectivity index (χ1n) is 6.23. The average Bonchev–Trinajstić information content (AvgIpc) is 2.99. The van der Waals surface area contributed by atoms with Crippen molar-refractivity contribution in [2.75, 3.05) is 28.1 Å². The molecule has 0 spiro atoms. The van der Waals surface area contributed by atoms with Crippen molar-refractivity contribution >= 4 is 11.3 Å². The molecule has 0 saturated carbocycles. The average molecular weight is 325 g/mol. The van der Waals surface area contributed by atoms with Gasteiger partial charge in [-0.1, -0.05) is 0 Å². The molecule has 0 amide bonds. The number of methoxy groups -OCH3 is 3. The number of nitro groups is 1. The lowest BCUT2D eigenvalue weighted by Crippen LogP contribution is -2.07. The number of thiophene rings is 1. The number of hydrogen-bond acceptors (Lipinski definition) is 7. The van der Waals surface area contributed by atoms with E-state index in [1.54, 1.807) is 17.5 Å². The van der Waals surface area contributed by atoms with Crippen molar-refractivity contribution in [1.29, 1.82) is 0 Å². The quantitative estimate of drug-likeness (QED) is 0.442. The van der Waals surface area contributed by atoms with E-state index in [1.165, 1.54) is 32.7 Å². The van der Waals surface area contributed by atoms with Crippen molar-refractivity contribution in [3.8, 4) is 33.4 Å². The minimum Gasteiger partial charge on any atom is -0.493 e. The topological polar surface area (TPSA) is 80.1 Å². The molecule has 2 aromatic rings. The summed E-state index contributed by atoms with van der Waals surface area (Å²) in [6, 6.07) is 5.35. The maximum atomic E-state index is 10.5. The van der Waals surface area contributed by atoms with Crippen LogP contribution < -0.4 is 18.9 Å². The van der Waals surface area contributed by atoms with Gasteiger partial charge in [-0.3, -0.25) is 10.1 Å². The zero-order valence-electron chi connectivity index (χ0n) is 12.3. The largest absolute Gasteiger partial charge is 0.493 e. The van der Waals surface area contributed by atoms with Crippen LogP contribution in [0.5, 0.6) is 22.3 Å². The van der Waals surface area contributed by atoms with Crippen LogP contribution in [0.1, 0.15) is 0 Å². The second-order valence-electron chi connectivity index (χ2n) is 4.14. The maximum Gasteiger partial charge on any atom is 0.345 e. The van der Waals surface area contributed by atoms with E-state index in [0.717, 1.165) is 11.1 Å². The third-order valence-electron chi connectivity index (χ3n) is 2.91. The molecule has 7 nitrogen and oxygen atoms in total. The van der Waals surface area contributed by atoms with Gasteiger partial charge in [0.15, 0.2) is 16.6 Å². The van der Waals surface area contributed by atoms with Crippen LogP contribution >= 0.6 is 11.3 Å². The normalized spacial score (nSPS) is 10.1. The Hall–Kier alpha value is -2.48. The summed E-state index contributed by atoms with van der Waals surface area (Å²) in [6.45, 7) is -0.585. The van der Waals surface area contributed by atoms with Crippen LogP contribution in [0.25, 0.3) is 11.1 Å². The predicted molar refractivity (Wildman–Crippen MR) is 81.9 cm³/mol. The summed E-state index contributed by atoms with van der Waals surface area (Å²) in [5, 5.41) is 12.7. The lowest BCUT2D eigenvalue weighted by Gasteiger charge is -2.14. The zero-order valence-corrected chi connectivity index (χ0v) is 13.1. The van der Waals surface area contributed by atoms with Crippen molar-refractivity contribution in [3.63, 3.8) is 0 Å². The summed E-state index contributed by atoms with van der Waals surface area (Å²) in [5.74, 6) is 1.49. The van der Waals surface area contributed by atoms with Crippen LogP contribution in [-0.2, 0) is 0 Å². The van der Waals surface area contributed by atoms with Gasteiger partial charge in [0.25, 0.3) is 0 Å². The fraction of sp³-hybridized carbons (Fsp3) is 0.286. The molecule has 0 aliphatic carbocycles. The molecule has 1 aromatic carbocycles. The number of rotatable bonds is 7. The molecule has 1 aromatic heterocycles. The van der Waals surface area contributed by atoms with Crippen molar-refractivity contribution in [2.24, 2.45) is 0 Å². The van der Waals surface area contributed by atoms with Crippen LogP contribution in [0.15, 0.2) is 23.6 Å². The van der Waals surface area contributed by atoms with Crippen LogP contribution in [0, 0.1) is 10.1 Å². The third-order valence-corrected chi connectivity index (χ3v) is 3.73. The molecule has 0 fully saturated rings. The van der Waals surface area contributed by atoms with Gasteiger partial charge in [0.1, 0.15) is 0 Å². The van der Waals surface area contributed by atoms with Gasteiger partial charge >= 0.3 is 6.73 Å². The Kier molecular flexibility index (Phi) is 5.05. The zero-order chi connectivity index (χ0) is 16.1. The lowest BCUT2D eigenvalue weighted by atomic mass is 10.1. The number of ether oxygens (including phenoxy) is 4. The van der Waals surface area contributed by atoms with E-state index in [1.807, 2.05) is 6.07 Å². The van der Waals surface area contributed by atoms with Gasteiger partial charge < -0.3 is 18.9 Å². The fourth-order valence-corrected chi connectivity index (χ4v) is 2.73. The molecule has 0 bridgehead atoms. The van der Waals surface area contributed by atoms with E-state index >= 15 is 0 Å². The van der Waals surface area contributed by atoms with E-state index in [0.29, 0.717) is 22.3 Å². The summed E-state index contributed by atoms with van der Waals surface area (Å²) in [4.78, 5) is 9.93. The van der Waals surface area contributed by atoms with Gasteiger partial charge in [-0.2, -0.15) is 0 Å². The number of benzene rings is 1. The van der Waals surface area contributed by atoms with Crippen molar-refractivity contribution in [1.82, 2.24) is 0 Å². The molecular formula is C14H15NO6S. The Morgan fingerprint density at radius 1 is 1.14 bits per heavy atom. The van der Waals surface area contributed by atoms with Gasteiger partial charge in [-0.05, 0) is 29.1 Å². The summed E-state index contributed by atoms with van der Waals surface area (Å²) in [7, 11) is 4.58. The summed E-state index contributed by atoms with van der Waals surface area (Å²) in [5.41, 5.74) is 1.49. The molecule has 0 aliphatic rings. The molecule has 22 heavy (non-hydrogen) atoms. The Morgan fingerprint density at radius 2 is 1.77 bits per heavy atom. The summed E-state index contributed by atoms with van der Waals surface area (Å²) < 4.78 is 21.1. The third kappa shape index (κ3) is 3.22. The molecule has 8 heteroatoms. The van der Waals surface area contributed by atoms with Crippen molar-refractivity contribution in [3.05, 3.63) is 33.7 Å². The highest BCUT2D eigenvalue weighted by molar-refractivity contribution is 7.12. The molecule has 0 saturated heterocycles. The number of nitrogens with zero attached hydrogens (tertiary/aromatic N) is 1. The highest BCUT2D eigenvalue weighted by Gasteiger charge is 2.17. The molecule has 0 atom stereocenters. The SMILES string of the molecule is COc1cc(-c2ccsc2OC[N+](=O)[O-])cc(OC)c1OC. The first-order valence-corrected chi connectivity index (χ1v) is 7.11. The monoisotopic (exact) mass is 325 g/mol. The van der Waals surface area contributed by atoms with Gasteiger partial charge in [-0.25, -0.2) is 0 Å². The van der Waals surface area contributed by atoms with Crippen LogP contribution in [0.3, 0.4) is 0 Å². The second kappa shape index (κ2) is 6.99. The molecule has 1 heterocycles. The Balaban J connectivity index is 2.45. The van der Waals surface area contributed by atoms with Crippen molar-refractivity contribution < 1.29 is 23.9 Å². The molecule has 2 rings (SSSR count). The van der Waals surface area contributed by atoms with Crippen molar-refractivity contribution in [2.45, 2.75) is 0 Å². The minimum absolute atomic E-state index is 0.464. The Labute approximate surface area is 131 Å². The van der Waals surface area contributed by atoms with Gasteiger partial charge in [0, 0.05) is 5.56 Å². The van der Waals surface area contributed by atoms with Crippen LogP contribution in [0.4, 0.5) is 0 Å². The highest BCUT2D eigenvalue weighted by Crippen LogP contribution is 2.44. The van der Waals surface area contributed by atoms with Gasteiger partial charge in [0.2, 0.25) is 5.75 Å². The van der Waals surface area contributed by atoms with Crippen LogP contribution in [-0.4, -0.2) is 33.0 Å². The lowest BCUT2D eigenvalue weighted by molar-refractivity contribution is -0.513. The van der Waals surface area contributed by atoms with E-state index in [9.17, 15) is 10.1 Å².